The Morgan fingerprint density at radius 2 is 2.00 bits per heavy atom. The molecule has 0 unspecified atom stereocenters. The lowest BCUT2D eigenvalue weighted by atomic mass is 10.2. The zero-order valence-electron chi connectivity index (χ0n) is 11.2. The summed E-state index contributed by atoms with van der Waals surface area (Å²) in [7, 11) is 0. The molecule has 2 heterocycles. The van der Waals surface area contributed by atoms with Crippen molar-refractivity contribution in [2.45, 2.75) is 13.5 Å². The maximum absolute atomic E-state index is 8.75. The minimum atomic E-state index is 0.138. The number of hydrogen-bond donors (Lipinski definition) is 0. The molecule has 2 aromatic heterocycles. The molecule has 7 heteroatoms. The number of rotatable bonds is 3. The monoisotopic (exact) mass is 298 g/mol. The topological polar surface area (TPSA) is 72.3 Å². The molecule has 0 saturated heterocycles. The van der Waals surface area contributed by atoms with Crippen molar-refractivity contribution in [3.8, 4) is 11.8 Å². The van der Waals surface area contributed by atoms with E-state index in [1.54, 1.807) is 9.36 Å². The summed E-state index contributed by atoms with van der Waals surface area (Å²) >= 11 is 6.43. The molecular weight excluding hydrogens is 288 g/mol. The van der Waals surface area contributed by atoms with Gasteiger partial charge in [0.05, 0.1) is 17.9 Å². The highest BCUT2D eigenvalue weighted by molar-refractivity contribution is 6.30. The molecule has 21 heavy (non-hydrogen) atoms. The van der Waals surface area contributed by atoms with Gasteiger partial charge in [-0.15, -0.1) is 5.10 Å². The van der Waals surface area contributed by atoms with Gasteiger partial charge in [0.2, 0.25) is 0 Å². The summed E-state index contributed by atoms with van der Waals surface area (Å²) in [4.78, 5) is 3.88. The van der Waals surface area contributed by atoms with Crippen LogP contribution in [0.1, 0.15) is 17.1 Å². The van der Waals surface area contributed by atoms with E-state index in [0.717, 1.165) is 16.9 Å². The van der Waals surface area contributed by atoms with E-state index in [1.165, 1.54) is 6.33 Å². The van der Waals surface area contributed by atoms with Gasteiger partial charge >= 0.3 is 0 Å². The van der Waals surface area contributed by atoms with Crippen molar-refractivity contribution < 1.29 is 0 Å². The fourth-order valence-corrected chi connectivity index (χ4v) is 2.37. The third-order valence-electron chi connectivity index (χ3n) is 3.08. The highest BCUT2D eigenvalue weighted by Crippen LogP contribution is 2.24. The van der Waals surface area contributed by atoms with Gasteiger partial charge < -0.3 is 0 Å². The second-order valence-electron chi connectivity index (χ2n) is 4.48. The molecule has 0 aliphatic carbocycles. The maximum Gasteiger partial charge on any atom is 0.252 e. The van der Waals surface area contributed by atoms with Crippen LogP contribution in [0.15, 0.2) is 36.7 Å². The van der Waals surface area contributed by atoms with Gasteiger partial charge in [0.1, 0.15) is 17.5 Å². The van der Waals surface area contributed by atoms with Gasteiger partial charge in [-0.05, 0) is 19.1 Å². The lowest BCUT2D eigenvalue weighted by molar-refractivity contribution is 0.680. The second kappa shape index (κ2) is 5.38. The zero-order chi connectivity index (χ0) is 14.8. The quantitative estimate of drug-likeness (QED) is 0.744. The Labute approximate surface area is 126 Å². The molecule has 6 nitrogen and oxygen atoms in total. The van der Waals surface area contributed by atoms with Crippen molar-refractivity contribution in [2.75, 3.05) is 0 Å². The lowest BCUT2D eigenvalue weighted by Crippen LogP contribution is -2.02. The summed E-state index contributed by atoms with van der Waals surface area (Å²) < 4.78 is 3.26. The van der Waals surface area contributed by atoms with Gasteiger partial charge in [-0.25, -0.2) is 14.3 Å². The van der Waals surface area contributed by atoms with Crippen LogP contribution in [0.2, 0.25) is 5.15 Å². The van der Waals surface area contributed by atoms with Crippen molar-refractivity contribution >= 4 is 11.6 Å². The second-order valence-corrected chi connectivity index (χ2v) is 4.84. The van der Waals surface area contributed by atoms with Crippen LogP contribution in [0.4, 0.5) is 0 Å². The van der Waals surface area contributed by atoms with Gasteiger partial charge in [0.25, 0.3) is 5.82 Å². The first-order chi connectivity index (χ1) is 10.2. The van der Waals surface area contributed by atoms with Gasteiger partial charge in [0.15, 0.2) is 0 Å². The van der Waals surface area contributed by atoms with Crippen LogP contribution in [0.25, 0.3) is 5.69 Å². The van der Waals surface area contributed by atoms with E-state index in [4.69, 9.17) is 16.9 Å². The molecule has 0 amide bonds. The number of halogens is 1. The Balaban J connectivity index is 1.97. The molecule has 104 valence electrons. The van der Waals surface area contributed by atoms with Crippen molar-refractivity contribution in [3.05, 3.63) is 58.9 Å². The summed E-state index contributed by atoms with van der Waals surface area (Å²) in [6.07, 6.45) is 1.51. The summed E-state index contributed by atoms with van der Waals surface area (Å²) in [5.41, 5.74) is 2.57. The molecule has 3 aromatic rings. The van der Waals surface area contributed by atoms with E-state index in [9.17, 15) is 0 Å². The van der Waals surface area contributed by atoms with Crippen LogP contribution in [0.5, 0.6) is 0 Å². The average molecular weight is 299 g/mol. The standard InChI is InChI=1S/C14H11ClN6/c1-10-12(8-20-9-17-13(7-16)19-20)14(15)21(18-10)11-5-3-2-4-6-11/h2-6,9H,8H2,1H3. The van der Waals surface area contributed by atoms with Crippen molar-refractivity contribution in [2.24, 2.45) is 0 Å². The van der Waals surface area contributed by atoms with Gasteiger partial charge in [-0.3, -0.25) is 0 Å². The molecule has 0 aliphatic heterocycles. The van der Waals surface area contributed by atoms with Crippen LogP contribution in [-0.2, 0) is 6.54 Å². The highest BCUT2D eigenvalue weighted by Gasteiger charge is 2.15. The molecule has 0 N–H and O–H groups in total. The normalized spacial score (nSPS) is 10.5. The predicted molar refractivity (Wildman–Crippen MR) is 77.2 cm³/mol. The molecule has 0 spiro atoms. The number of aromatic nitrogens is 5. The third-order valence-corrected chi connectivity index (χ3v) is 3.47. The number of nitrogens with zero attached hydrogens (tertiary/aromatic N) is 6. The van der Waals surface area contributed by atoms with E-state index in [1.807, 2.05) is 43.3 Å². The average Bonchev–Trinajstić information content (AvgIpc) is 3.08. The van der Waals surface area contributed by atoms with Crippen LogP contribution in [0, 0.1) is 18.3 Å². The number of hydrogen-bond acceptors (Lipinski definition) is 4. The zero-order valence-corrected chi connectivity index (χ0v) is 12.0. The Hall–Kier alpha value is -2.65. The SMILES string of the molecule is Cc1nn(-c2ccccc2)c(Cl)c1Cn1cnc(C#N)n1. The van der Waals surface area contributed by atoms with Crippen LogP contribution in [-0.4, -0.2) is 24.5 Å². The minimum Gasteiger partial charge on any atom is -0.247 e. The van der Waals surface area contributed by atoms with E-state index in [-0.39, 0.29) is 5.82 Å². The molecule has 3 rings (SSSR count). The Morgan fingerprint density at radius 3 is 2.67 bits per heavy atom. The Bertz CT molecular complexity index is 812. The first-order valence-corrected chi connectivity index (χ1v) is 6.66. The summed E-state index contributed by atoms with van der Waals surface area (Å²) in [6.45, 7) is 2.31. The van der Waals surface area contributed by atoms with Crippen molar-refractivity contribution in [3.63, 3.8) is 0 Å². The highest BCUT2D eigenvalue weighted by atomic mass is 35.5. The van der Waals surface area contributed by atoms with Gasteiger partial charge in [-0.2, -0.15) is 10.4 Å². The van der Waals surface area contributed by atoms with E-state index >= 15 is 0 Å². The number of para-hydroxylation sites is 1. The molecule has 0 bridgehead atoms. The number of benzene rings is 1. The Morgan fingerprint density at radius 1 is 1.24 bits per heavy atom. The maximum atomic E-state index is 8.75. The number of nitriles is 1. The van der Waals surface area contributed by atoms with Crippen LogP contribution < -0.4 is 0 Å². The fraction of sp³-hybridized carbons (Fsp3) is 0.143. The Kier molecular flexibility index (Phi) is 3.42. The molecule has 0 atom stereocenters. The largest absolute Gasteiger partial charge is 0.252 e. The summed E-state index contributed by atoms with van der Waals surface area (Å²) in [5, 5.41) is 17.8. The van der Waals surface area contributed by atoms with Gasteiger partial charge in [0, 0.05) is 5.56 Å². The minimum absolute atomic E-state index is 0.138. The first-order valence-electron chi connectivity index (χ1n) is 6.28. The predicted octanol–water partition coefficient (Wildman–Crippen LogP) is 2.35. The molecular formula is C14H11ClN6. The van der Waals surface area contributed by atoms with Gasteiger partial charge in [-0.1, -0.05) is 29.8 Å². The first kappa shape index (κ1) is 13.3. The smallest absolute Gasteiger partial charge is 0.247 e. The summed E-state index contributed by atoms with van der Waals surface area (Å²) in [6, 6.07) is 11.6. The number of aryl methyl sites for hydroxylation is 1. The lowest BCUT2D eigenvalue weighted by Gasteiger charge is -2.03. The molecule has 0 radical (unpaired) electrons. The van der Waals surface area contributed by atoms with Crippen LogP contribution in [0.3, 0.4) is 0 Å². The van der Waals surface area contributed by atoms with Crippen molar-refractivity contribution in [1.82, 2.24) is 24.5 Å². The van der Waals surface area contributed by atoms with Crippen LogP contribution >= 0.6 is 11.6 Å². The third kappa shape index (κ3) is 2.51. The van der Waals surface area contributed by atoms with E-state index < -0.39 is 0 Å². The fourth-order valence-electron chi connectivity index (χ4n) is 2.04. The molecule has 0 saturated carbocycles. The molecule has 0 fully saturated rings. The molecule has 1 aromatic carbocycles. The van der Waals surface area contributed by atoms with Crippen molar-refractivity contribution in [1.29, 1.82) is 5.26 Å². The van der Waals surface area contributed by atoms with E-state index in [0.29, 0.717) is 11.7 Å². The summed E-state index contributed by atoms with van der Waals surface area (Å²) in [5.74, 6) is 0.138. The van der Waals surface area contributed by atoms with E-state index in [2.05, 4.69) is 15.2 Å². The molecule has 0 aliphatic rings.